The molecule has 3 aliphatic carbocycles. The van der Waals surface area contributed by atoms with E-state index in [1.807, 2.05) is 249 Å². The average molecular weight is 1890 g/mol. The number of rotatable bonds is 38. The number of hydrogen-bond donors (Lipinski definition) is 7. The van der Waals surface area contributed by atoms with Crippen molar-refractivity contribution in [3.63, 3.8) is 0 Å². The maximum Gasteiger partial charge on any atom is 0.312 e. The molecule has 27 nitrogen and oxygen atoms in total. The summed E-state index contributed by atoms with van der Waals surface area (Å²) in [5.74, 6) is -3.63. The van der Waals surface area contributed by atoms with Crippen molar-refractivity contribution in [3.8, 4) is 0 Å². The van der Waals surface area contributed by atoms with Crippen molar-refractivity contribution in [2.24, 2.45) is 35.5 Å². The summed E-state index contributed by atoms with van der Waals surface area (Å²) in [5, 5.41) is 68.4. The zero-order valence-corrected chi connectivity index (χ0v) is 79.0. The molecular formula is C110H138N2O25. The van der Waals surface area contributed by atoms with Crippen molar-refractivity contribution in [2.75, 3.05) is 59.2 Å². The van der Waals surface area contributed by atoms with Gasteiger partial charge >= 0.3 is 29.8 Å². The third-order valence-corrected chi connectivity index (χ3v) is 24.4. The monoisotopic (exact) mass is 1890 g/mol. The van der Waals surface area contributed by atoms with Crippen molar-refractivity contribution in [1.29, 1.82) is 0 Å². The van der Waals surface area contributed by atoms with Gasteiger partial charge in [-0.25, -0.2) is 0 Å². The van der Waals surface area contributed by atoms with Crippen molar-refractivity contribution in [1.82, 2.24) is 9.80 Å². The third-order valence-electron chi connectivity index (χ3n) is 24.4. The highest BCUT2D eigenvalue weighted by molar-refractivity contribution is 5.73. The first-order chi connectivity index (χ1) is 66.6. The zero-order chi connectivity index (χ0) is 97.7. The van der Waals surface area contributed by atoms with Crippen LogP contribution in [0.5, 0.6) is 0 Å². The van der Waals surface area contributed by atoms with Crippen molar-refractivity contribution < 1.29 is 121 Å². The van der Waals surface area contributed by atoms with Gasteiger partial charge in [0.25, 0.3) is 0 Å². The maximum atomic E-state index is 12.4. The number of nitrogens with zero attached hydrogens (tertiary/aromatic N) is 2. The summed E-state index contributed by atoms with van der Waals surface area (Å²) in [4.78, 5) is 83.9. The molecule has 0 bridgehead atoms. The first-order valence-electron chi connectivity index (χ1n) is 47.3. The summed E-state index contributed by atoms with van der Waals surface area (Å²) in [6, 6.07) is 88.7. The van der Waals surface area contributed by atoms with Crippen LogP contribution in [0.25, 0.3) is 0 Å². The highest BCUT2D eigenvalue weighted by atomic mass is 16.6. The Morgan fingerprint density at radius 3 is 1.04 bits per heavy atom. The number of esters is 5. The van der Waals surface area contributed by atoms with Gasteiger partial charge in [-0.15, -0.1) is 0 Å². The van der Waals surface area contributed by atoms with Gasteiger partial charge in [-0.2, -0.15) is 0 Å². The molecule has 5 fully saturated rings. The molecule has 137 heavy (non-hydrogen) atoms. The molecule has 6 unspecified atom stereocenters. The lowest BCUT2D eigenvalue weighted by Gasteiger charge is -2.42. The van der Waals surface area contributed by atoms with E-state index in [0.717, 1.165) is 103 Å². The van der Waals surface area contributed by atoms with Gasteiger partial charge in [0.15, 0.2) is 6.29 Å². The molecular weight excluding hydrogens is 1750 g/mol. The predicted octanol–water partition coefficient (Wildman–Crippen LogP) is 13.3. The van der Waals surface area contributed by atoms with Gasteiger partial charge in [0, 0.05) is 104 Å². The van der Waals surface area contributed by atoms with Crippen LogP contribution < -0.4 is 0 Å². The summed E-state index contributed by atoms with van der Waals surface area (Å²) in [6.45, 7) is 12.4. The molecule has 3 saturated carbocycles. The van der Waals surface area contributed by atoms with Crippen molar-refractivity contribution in [3.05, 3.63) is 323 Å². The number of aliphatic hydroxyl groups excluding tert-OH is 7. The SMILES string of the molecule is CC(=O)OCC1CCC[C@H](OCc2ccccc2)[C@@H]1OC(C)=O.CC(=O)OCC1CN(Cc2ccccc2)C[C@H](OCc2ccccc2)[C@@H]1OC(C)=O.O=C(OCc1ccccc1)C1CCC[C@H](OCc2ccccc2)[C@@H]1O.O=CC(CO)[C@H](O)[C@H](C=O)OCc1ccccc1.OCC1CCC[C@H](OCc2ccccc2)[C@@H]1O.OCC1CN(Cc2ccccc2)C[C@H](OCc2ccccc2)[C@@H]1O. The number of carbonyl (C=O) groups is 7. The number of piperidine rings is 2. The summed E-state index contributed by atoms with van der Waals surface area (Å²) in [7, 11) is 0. The van der Waals surface area contributed by atoms with Crippen LogP contribution in [0.2, 0.25) is 0 Å². The lowest BCUT2D eigenvalue weighted by Crippen LogP contribution is -2.55. The molecule has 2 aliphatic heterocycles. The van der Waals surface area contributed by atoms with E-state index < -0.39 is 55.1 Å². The van der Waals surface area contributed by atoms with E-state index in [1.165, 1.54) is 38.8 Å². The van der Waals surface area contributed by atoms with E-state index >= 15 is 0 Å². The quantitative estimate of drug-likeness (QED) is 0.0107. The van der Waals surface area contributed by atoms with Crippen LogP contribution in [-0.4, -0.2) is 220 Å². The Morgan fingerprint density at radius 1 is 0.336 bits per heavy atom. The van der Waals surface area contributed by atoms with E-state index in [1.54, 1.807) is 0 Å². The van der Waals surface area contributed by atoms with Crippen molar-refractivity contribution >= 4 is 42.4 Å². The van der Waals surface area contributed by atoms with Crippen LogP contribution in [0.3, 0.4) is 0 Å². The van der Waals surface area contributed by atoms with Gasteiger partial charge in [-0.3, -0.25) is 33.8 Å². The van der Waals surface area contributed by atoms with Gasteiger partial charge in [-0.1, -0.05) is 286 Å². The van der Waals surface area contributed by atoms with Crippen LogP contribution in [-0.2, 0) is 145 Å². The van der Waals surface area contributed by atoms with E-state index in [0.29, 0.717) is 78.2 Å². The minimum Gasteiger partial charge on any atom is -0.465 e. The minimum absolute atomic E-state index is 0.0164. The Kier molecular flexibility index (Phi) is 49.7. The standard InChI is InChI=1S/C24H29NO5.C21H24O4.C20H25NO3.C18H24O5.C14H20O3.C13H16O5/c1-18(26)28-17-22-14-25(13-20-9-5-3-6-10-20)15-23(24(22)30-19(2)27)29-16-21-11-7-4-8-12-21;22-20-18(21(23)25-15-17-10-5-2-6-11-17)12-7-13-19(20)24-14-16-8-3-1-4-9-16;22-14-18-12-21(11-16-7-3-1-4-8-16)13-19(20(18)23)24-15-17-9-5-2-6-10-17;1-13(19)21-12-16-9-6-10-17(18(16)23-14(2)20)22-11-15-7-4-3-5-8-15;15-9-12-7-4-8-13(14(12)16)17-10-11-5-2-1-3-6-11;14-6-11(7-15)13(17)12(8-16)18-9-10-4-2-1-3-5-10/h3-12,22-24H,13-17H2,1-2H3;1-6,8-11,18-20,22H,7,12-15H2;1-10,18-20,22-23H,11-15H2;3-5,7-8,16-18H,6,9-12H2,1-2H3;1-3,5-6,12-16H,4,7-10H2;1-6,8,11-13,15,17H,7,9H2/t22?,23-,24+;2*18?,19-,20+;16?,17-,18+;12?,13-,14+;11?,12-,13-/m000000/s1. The van der Waals surface area contributed by atoms with E-state index in [4.69, 9.17) is 62.3 Å². The van der Waals surface area contributed by atoms with Crippen LogP contribution >= 0.6 is 0 Å². The first-order valence-corrected chi connectivity index (χ1v) is 47.3. The minimum atomic E-state index is -1.34. The Morgan fingerprint density at radius 2 is 0.657 bits per heavy atom. The molecule has 738 valence electrons. The number of benzene rings is 9. The number of carbonyl (C=O) groups excluding carboxylic acids is 7. The number of hydrogen-bond acceptors (Lipinski definition) is 27. The number of aldehydes is 2. The smallest absolute Gasteiger partial charge is 0.312 e. The molecule has 7 N–H and O–H groups in total. The van der Waals surface area contributed by atoms with Crippen LogP contribution in [0, 0.1) is 35.5 Å². The fraction of sp³-hybridized carbons (Fsp3) is 0.445. The lowest BCUT2D eigenvalue weighted by atomic mass is 9.84. The van der Waals surface area contributed by atoms with Gasteiger partial charge in [-0.05, 0) is 95.0 Å². The molecule has 0 spiro atoms. The molecule has 14 rings (SSSR count). The molecule has 0 amide bonds. The largest absolute Gasteiger partial charge is 0.465 e. The second kappa shape index (κ2) is 62.1. The Labute approximate surface area is 805 Å². The second-order valence-electron chi connectivity index (χ2n) is 35.0. The van der Waals surface area contributed by atoms with E-state index in [2.05, 4.69) is 34.1 Å². The highest BCUT2D eigenvalue weighted by Gasteiger charge is 2.43. The predicted molar refractivity (Wildman–Crippen MR) is 514 cm³/mol. The first kappa shape index (κ1) is 110. The Balaban J connectivity index is 0.000000186. The van der Waals surface area contributed by atoms with Gasteiger partial charge in [0.05, 0.1) is 120 Å². The summed E-state index contributed by atoms with van der Waals surface area (Å²) in [6.07, 6.45) is 1.97. The highest BCUT2D eigenvalue weighted by Crippen LogP contribution is 2.34. The molecule has 0 radical (unpaired) electrons. The third kappa shape index (κ3) is 39.8. The molecule has 27 heteroatoms. The normalized spacial score (nSPS) is 23.0. The summed E-state index contributed by atoms with van der Waals surface area (Å²) >= 11 is 0. The van der Waals surface area contributed by atoms with Gasteiger partial charge in [0.2, 0.25) is 0 Å². The summed E-state index contributed by atoms with van der Waals surface area (Å²) < 4.78 is 62.0. The van der Waals surface area contributed by atoms with E-state index in [-0.39, 0.29) is 130 Å². The molecule has 2 heterocycles. The lowest BCUT2D eigenvalue weighted by molar-refractivity contribution is -0.177. The molecule has 9 aromatic carbocycles. The zero-order valence-electron chi connectivity index (χ0n) is 79.0. The maximum absolute atomic E-state index is 12.4. The fourth-order valence-electron chi connectivity index (χ4n) is 17.0. The van der Waals surface area contributed by atoms with Crippen LogP contribution in [0.4, 0.5) is 0 Å². The van der Waals surface area contributed by atoms with Gasteiger partial charge in [0.1, 0.15) is 37.3 Å². The number of likely N-dealkylation sites (tertiary alicyclic amines) is 2. The van der Waals surface area contributed by atoms with Crippen LogP contribution in [0.1, 0.15) is 136 Å². The molecule has 9 aromatic rings. The molecule has 18 atom stereocenters. The Bertz CT molecular complexity index is 4820. The van der Waals surface area contributed by atoms with E-state index in [9.17, 15) is 59.1 Å². The fourth-order valence-corrected chi connectivity index (χ4v) is 17.0. The number of aliphatic hydroxyl groups is 7. The molecule has 0 aromatic heterocycles. The summed E-state index contributed by atoms with van der Waals surface area (Å²) in [5.41, 5.74) is 9.61. The molecule has 2 saturated heterocycles. The Hall–Kier alpha value is -10.9. The van der Waals surface area contributed by atoms with Crippen LogP contribution in [0.15, 0.2) is 273 Å². The van der Waals surface area contributed by atoms with Gasteiger partial charge < -0.3 is 97.4 Å². The second-order valence-corrected chi connectivity index (χ2v) is 35.0. The topological polar surface area (TPSA) is 369 Å². The number of ether oxygens (including phenoxy) is 11. The van der Waals surface area contributed by atoms with Crippen molar-refractivity contribution in [2.45, 2.75) is 218 Å². The average Bonchev–Trinajstić information content (AvgIpc) is 0.808. The molecule has 5 aliphatic rings.